The highest BCUT2D eigenvalue weighted by atomic mass is 16.7. The molecule has 3 aliphatic carbocycles. The number of nitrogens with two attached hydrogens (primary N) is 1. The fourth-order valence-electron chi connectivity index (χ4n) is 7.15. The number of amides is 2. The maximum absolute atomic E-state index is 13.6. The molecular formula is C26H46BN3O4. The summed E-state index contributed by atoms with van der Waals surface area (Å²) in [5.41, 5.74) is 5.57. The lowest BCUT2D eigenvalue weighted by Crippen LogP contribution is -2.65. The van der Waals surface area contributed by atoms with Gasteiger partial charge in [0.1, 0.15) is 6.04 Å². The Hall–Kier alpha value is -1.12. The minimum absolute atomic E-state index is 0.0241. The number of likely N-dealkylation sites (tertiary alicyclic amines) is 1. The number of nitrogens with one attached hydrogen (secondary N) is 1. The fourth-order valence-corrected chi connectivity index (χ4v) is 7.15. The van der Waals surface area contributed by atoms with Crippen molar-refractivity contribution in [2.45, 2.75) is 117 Å². The van der Waals surface area contributed by atoms with Gasteiger partial charge in [0, 0.05) is 6.54 Å². The molecule has 0 radical (unpaired) electrons. The van der Waals surface area contributed by atoms with E-state index in [1.54, 1.807) is 4.90 Å². The summed E-state index contributed by atoms with van der Waals surface area (Å²) in [6.07, 6.45) is 4.18. The van der Waals surface area contributed by atoms with Gasteiger partial charge >= 0.3 is 7.12 Å². The van der Waals surface area contributed by atoms with Crippen LogP contribution < -0.4 is 11.1 Å². The summed E-state index contributed by atoms with van der Waals surface area (Å²) >= 11 is 0. The third kappa shape index (κ3) is 3.92. The van der Waals surface area contributed by atoms with Crippen molar-refractivity contribution < 1.29 is 18.9 Å². The monoisotopic (exact) mass is 475 g/mol. The second kappa shape index (κ2) is 8.77. The number of carbonyl (C=O) groups is 2. The molecule has 3 saturated carbocycles. The second-order valence-corrected chi connectivity index (χ2v) is 12.9. The molecule has 5 aliphatic rings. The molecular weight excluding hydrogens is 429 g/mol. The molecule has 5 rings (SSSR count). The molecule has 5 fully saturated rings. The number of rotatable bonds is 8. The molecule has 2 unspecified atom stereocenters. The average molecular weight is 475 g/mol. The molecule has 7 atom stereocenters. The largest absolute Gasteiger partial charge is 0.481 e. The second-order valence-electron chi connectivity index (χ2n) is 12.9. The molecule has 2 saturated heterocycles. The predicted octanol–water partition coefficient (Wildman–Crippen LogP) is 3.15. The van der Waals surface area contributed by atoms with E-state index in [1.807, 2.05) is 20.8 Å². The van der Waals surface area contributed by atoms with Gasteiger partial charge in [0.25, 0.3) is 0 Å². The van der Waals surface area contributed by atoms with Gasteiger partial charge in [-0.15, -0.1) is 0 Å². The van der Waals surface area contributed by atoms with Gasteiger partial charge in [0.05, 0.1) is 23.2 Å². The zero-order valence-electron chi connectivity index (χ0n) is 22.5. The molecule has 3 N–H and O–H groups in total. The number of hydrogen-bond donors (Lipinski definition) is 2. The number of hydrogen-bond acceptors (Lipinski definition) is 5. The smallest absolute Gasteiger partial charge is 0.404 e. The van der Waals surface area contributed by atoms with Crippen molar-refractivity contribution in [3.63, 3.8) is 0 Å². The van der Waals surface area contributed by atoms with Gasteiger partial charge in [-0.25, -0.2) is 0 Å². The van der Waals surface area contributed by atoms with Gasteiger partial charge in [-0.3, -0.25) is 9.59 Å². The van der Waals surface area contributed by atoms with E-state index in [-0.39, 0.29) is 46.7 Å². The van der Waals surface area contributed by atoms with Crippen LogP contribution in [0.5, 0.6) is 0 Å². The quantitative estimate of drug-likeness (QED) is 0.526. The van der Waals surface area contributed by atoms with Crippen molar-refractivity contribution in [2.75, 3.05) is 6.54 Å². The summed E-state index contributed by atoms with van der Waals surface area (Å²) in [4.78, 5) is 28.6. The predicted molar refractivity (Wildman–Crippen MR) is 134 cm³/mol. The lowest BCUT2D eigenvalue weighted by atomic mass is 9.43. The Kier molecular flexibility index (Phi) is 6.70. The molecule has 0 aromatic rings. The first-order valence-electron chi connectivity index (χ1n) is 13.5. The van der Waals surface area contributed by atoms with Crippen LogP contribution >= 0.6 is 0 Å². The highest BCUT2D eigenvalue weighted by molar-refractivity contribution is 6.47. The van der Waals surface area contributed by atoms with E-state index in [0.29, 0.717) is 37.6 Å². The molecule has 192 valence electrons. The van der Waals surface area contributed by atoms with Crippen molar-refractivity contribution in [2.24, 2.45) is 34.8 Å². The van der Waals surface area contributed by atoms with Crippen molar-refractivity contribution in [3.05, 3.63) is 0 Å². The number of carbonyl (C=O) groups excluding carboxylic acids is 2. The molecule has 0 aromatic carbocycles. The van der Waals surface area contributed by atoms with E-state index in [2.05, 4.69) is 39.9 Å². The maximum atomic E-state index is 13.6. The minimum atomic E-state index is -0.894. The molecule has 2 aliphatic heterocycles. The van der Waals surface area contributed by atoms with Crippen LogP contribution in [0.15, 0.2) is 0 Å². The summed E-state index contributed by atoms with van der Waals surface area (Å²) < 4.78 is 13.1. The van der Waals surface area contributed by atoms with E-state index in [4.69, 9.17) is 15.0 Å². The van der Waals surface area contributed by atoms with E-state index >= 15 is 0 Å². The summed E-state index contributed by atoms with van der Waals surface area (Å²) in [6, 6.07) is -0.531. The van der Waals surface area contributed by atoms with Crippen LogP contribution in [-0.2, 0) is 18.9 Å². The van der Waals surface area contributed by atoms with Crippen molar-refractivity contribution in [3.8, 4) is 0 Å². The van der Waals surface area contributed by atoms with Crippen LogP contribution in [0.1, 0.15) is 87.5 Å². The van der Waals surface area contributed by atoms with Gasteiger partial charge in [0.2, 0.25) is 11.8 Å². The Morgan fingerprint density at radius 3 is 2.44 bits per heavy atom. The third-order valence-electron chi connectivity index (χ3n) is 9.89. The van der Waals surface area contributed by atoms with E-state index in [9.17, 15) is 9.59 Å². The standard InChI is InChI=1S/C26H46BN3O4/c1-9-21(27-33-20-14-17-13-19(24(17,6)7)25(20,8)34-27)29-22(31)18(12-15(2)3)30-11-10-26(28,16(4)5)23(30)32/h15-21H,9-14,28H2,1-8H3,(H,29,31)/t17-,18+,19-,20?,21+,25+,26?/m1/s1. The van der Waals surface area contributed by atoms with Crippen molar-refractivity contribution in [1.29, 1.82) is 0 Å². The van der Waals surface area contributed by atoms with E-state index in [0.717, 1.165) is 6.42 Å². The van der Waals surface area contributed by atoms with Crippen molar-refractivity contribution in [1.82, 2.24) is 10.2 Å². The van der Waals surface area contributed by atoms with Crippen LogP contribution in [0.2, 0.25) is 0 Å². The summed E-state index contributed by atoms with van der Waals surface area (Å²) in [5.74, 6) is 0.967. The fraction of sp³-hybridized carbons (Fsp3) is 0.923. The van der Waals surface area contributed by atoms with Crippen LogP contribution in [0.3, 0.4) is 0 Å². The van der Waals surface area contributed by atoms with Gasteiger partial charge in [-0.1, -0.05) is 48.5 Å². The SMILES string of the molecule is CC[C@H](NC(=O)[C@H](CC(C)C)N1CCC(N)(C(C)C)C1=O)B1OC2C[C@H]3C[C@H](C3(C)C)[C@]2(C)O1. The molecule has 7 nitrogen and oxygen atoms in total. The molecule has 0 spiro atoms. The molecule has 2 bridgehead atoms. The third-order valence-corrected chi connectivity index (χ3v) is 9.89. The minimum Gasteiger partial charge on any atom is -0.404 e. The summed E-state index contributed by atoms with van der Waals surface area (Å²) in [6.45, 7) is 17.6. The lowest BCUT2D eigenvalue weighted by Gasteiger charge is -2.64. The highest BCUT2D eigenvalue weighted by Gasteiger charge is 2.68. The van der Waals surface area contributed by atoms with Gasteiger partial charge in [-0.2, -0.15) is 0 Å². The average Bonchev–Trinajstić information content (AvgIpc) is 3.26. The topological polar surface area (TPSA) is 93.9 Å². The first kappa shape index (κ1) is 26.0. The lowest BCUT2D eigenvalue weighted by molar-refractivity contribution is -0.199. The molecule has 0 aromatic heterocycles. The van der Waals surface area contributed by atoms with E-state index < -0.39 is 18.7 Å². The first-order chi connectivity index (χ1) is 15.8. The molecule has 34 heavy (non-hydrogen) atoms. The maximum Gasteiger partial charge on any atom is 0.481 e. The van der Waals surface area contributed by atoms with Crippen LogP contribution in [0, 0.1) is 29.1 Å². The summed E-state index contributed by atoms with van der Waals surface area (Å²) in [7, 11) is -0.461. The normalized spacial score (nSPS) is 38.2. The Morgan fingerprint density at radius 1 is 1.24 bits per heavy atom. The van der Waals surface area contributed by atoms with Crippen LogP contribution in [0.25, 0.3) is 0 Å². The van der Waals surface area contributed by atoms with Gasteiger partial charge < -0.3 is 25.3 Å². The Labute approximate surface area is 206 Å². The van der Waals surface area contributed by atoms with Crippen molar-refractivity contribution >= 4 is 18.9 Å². The van der Waals surface area contributed by atoms with E-state index in [1.165, 1.54) is 6.42 Å². The Balaban J connectivity index is 1.48. The first-order valence-corrected chi connectivity index (χ1v) is 13.5. The number of nitrogens with zero attached hydrogens (tertiary/aromatic N) is 1. The zero-order chi connectivity index (χ0) is 25.2. The Bertz CT molecular complexity index is 820. The molecule has 2 heterocycles. The molecule has 2 amide bonds. The molecule has 8 heteroatoms. The van der Waals surface area contributed by atoms with Gasteiger partial charge in [0.15, 0.2) is 0 Å². The van der Waals surface area contributed by atoms with Crippen LogP contribution in [-0.4, -0.2) is 59.6 Å². The summed E-state index contributed by atoms with van der Waals surface area (Å²) in [5, 5.41) is 3.22. The van der Waals surface area contributed by atoms with Gasteiger partial charge in [-0.05, 0) is 68.1 Å². The zero-order valence-corrected chi connectivity index (χ0v) is 22.5. The van der Waals surface area contributed by atoms with Crippen LogP contribution in [0.4, 0.5) is 0 Å². The highest BCUT2D eigenvalue weighted by Crippen LogP contribution is 2.65. The Morgan fingerprint density at radius 2 is 1.91 bits per heavy atom.